The van der Waals surface area contributed by atoms with Gasteiger partial charge in [-0.15, -0.1) is 0 Å². The highest BCUT2D eigenvalue weighted by atomic mass is 16.5. The molecule has 2 bridgehead atoms. The van der Waals surface area contributed by atoms with Gasteiger partial charge in [-0.2, -0.15) is 0 Å². The van der Waals surface area contributed by atoms with Crippen LogP contribution in [0.25, 0.3) is 0 Å². The van der Waals surface area contributed by atoms with Crippen molar-refractivity contribution in [3.63, 3.8) is 0 Å². The first kappa shape index (κ1) is 17.9. The van der Waals surface area contributed by atoms with Crippen LogP contribution in [0.3, 0.4) is 0 Å². The van der Waals surface area contributed by atoms with Crippen LogP contribution in [-0.4, -0.2) is 47.1 Å². The second-order valence-electron chi connectivity index (χ2n) is 7.67. The molecule has 1 N–H and O–H groups in total. The Morgan fingerprint density at radius 3 is 2.76 bits per heavy atom. The summed E-state index contributed by atoms with van der Waals surface area (Å²) >= 11 is 0. The highest BCUT2D eigenvalue weighted by Crippen LogP contribution is 2.52. The van der Waals surface area contributed by atoms with Crippen molar-refractivity contribution < 1.29 is 19.1 Å². The van der Waals surface area contributed by atoms with Gasteiger partial charge in [0.1, 0.15) is 11.4 Å². The van der Waals surface area contributed by atoms with Crippen molar-refractivity contribution in [3.8, 4) is 5.75 Å². The fraction of sp³-hybridized carbons (Fsp3) is 0.318. The topological polar surface area (TPSA) is 80.8 Å². The van der Waals surface area contributed by atoms with E-state index in [1.54, 1.807) is 48.7 Å². The fourth-order valence-corrected chi connectivity index (χ4v) is 4.62. The van der Waals surface area contributed by atoms with E-state index in [4.69, 9.17) is 9.47 Å². The molecule has 2 aromatic rings. The van der Waals surface area contributed by atoms with Gasteiger partial charge < -0.3 is 19.7 Å². The number of ether oxygens (including phenoxy) is 2. The Kier molecular flexibility index (Phi) is 4.13. The van der Waals surface area contributed by atoms with E-state index in [-0.39, 0.29) is 17.9 Å². The number of amides is 2. The number of carbonyl (C=O) groups is 2. The van der Waals surface area contributed by atoms with Crippen LogP contribution in [0.2, 0.25) is 0 Å². The van der Waals surface area contributed by atoms with Crippen LogP contribution in [-0.2, 0) is 20.9 Å². The summed E-state index contributed by atoms with van der Waals surface area (Å²) in [6, 6.07) is 10.9. The molecule has 1 aromatic heterocycles. The number of hydrogen-bond acceptors (Lipinski definition) is 5. The summed E-state index contributed by atoms with van der Waals surface area (Å²) in [6.07, 6.45) is 6.93. The van der Waals surface area contributed by atoms with Gasteiger partial charge in [-0.1, -0.05) is 12.2 Å². The molecule has 3 aliphatic heterocycles. The van der Waals surface area contributed by atoms with E-state index in [1.165, 1.54) is 0 Å². The summed E-state index contributed by atoms with van der Waals surface area (Å²) in [6.45, 7) is 0.937. The lowest BCUT2D eigenvalue weighted by Gasteiger charge is -2.23. The molecule has 1 spiro atoms. The number of rotatable bonds is 5. The third-order valence-electron chi connectivity index (χ3n) is 5.96. The van der Waals surface area contributed by atoms with E-state index in [2.05, 4.69) is 10.3 Å². The Morgan fingerprint density at radius 2 is 2.03 bits per heavy atom. The summed E-state index contributed by atoms with van der Waals surface area (Å²) in [5.41, 5.74) is 0.953. The summed E-state index contributed by atoms with van der Waals surface area (Å²) in [4.78, 5) is 32.1. The zero-order valence-corrected chi connectivity index (χ0v) is 15.9. The van der Waals surface area contributed by atoms with E-state index in [1.807, 2.05) is 24.3 Å². The highest BCUT2D eigenvalue weighted by molar-refractivity contribution is 5.99. The number of aromatic nitrogens is 1. The zero-order valence-electron chi connectivity index (χ0n) is 15.9. The molecule has 0 aliphatic carbocycles. The van der Waals surface area contributed by atoms with Gasteiger partial charge in [0.2, 0.25) is 11.8 Å². The lowest BCUT2D eigenvalue weighted by atomic mass is 9.77. The number of hydrogen-bond donors (Lipinski definition) is 1. The second-order valence-corrected chi connectivity index (χ2v) is 7.67. The number of methoxy groups -OCH3 is 1. The standard InChI is InChI=1S/C22H21N3O4/c1-28-16-4-2-15(3-5-16)24-20(26)18-17-6-9-22(29-17)13-25(21(27)19(18)22)12-14-7-10-23-11-8-14/h2-11,17-19H,12-13H2,1H3,(H,24,26)/t17-,18+,19+,22+/m1/s1. The fourth-order valence-electron chi connectivity index (χ4n) is 4.62. The quantitative estimate of drug-likeness (QED) is 0.789. The molecular formula is C22H21N3O4. The molecule has 2 amide bonds. The summed E-state index contributed by atoms with van der Waals surface area (Å²) < 4.78 is 11.3. The molecule has 1 aromatic carbocycles. The lowest BCUT2D eigenvalue weighted by Crippen LogP contribution is -2.41. The van der Waals surface area contributed by atoms with Crippen molar-refractivity contribution in [1.82, 2.24) is 9.88 Å². The summed E-state index contributed by atoms with van der Waals surface area (Å²) in [5, 5.41) is 2.93. The maximum atomic E-state index is 13.2. The van der Waals surface area contributed by atoms with E-state index >= 15 is 0 Å². The maximum Gasteiger partial charge on any atom is 0.231 e. The normalized spacial score (nSPS) is 29.2. The monoisotopic (exact) mass is 391 g/mol. The third-order valence-corrected chi connectivity index (χ3v) is 5.96. The number of nitrogens with one attached hydrogen (secondary N) is 1. The first-order valence-corrected chi connectivity index (χ1v) is 9.59. The smallest absolute Gasteiger partial charge is 0.231 e. The van der Waals surface area contributed by atoms with Crippen LogP contribution < -0.4 is 10.1 Å². The Morgan fingerprint density at radius 1 is 1.28 bits per heavy atom. The molecule has 0 saturated carbocycles. The molecule has 2 fully saturated rings. The molecule has 4 heterocycles. The van der Waals surface area contributed by atoms with Crippen molar-refractivity contribution in [2.24, 2.45) is 11.8 Å². The molecule has 4 atom stereocenters. The van der Waals surface area contributed by atoms with Gasteiger partial charge in [0.05, 0.1) is 31.6 Å². The van der Waals surface area contributed by atoms with Gasteiger partial charge in [-0.3, -0.25) is 14.6 Å². The molecular weight excluding hydrogens is 370 g/mol. The molecule has 3 aliphatic rings. The van der Waals surface area contributed by atoms with Crippen molar-refractivity contribution in [2.45, 2.75) is 18.2 Å². The van der Waals surface area contributed by atoms with Crippen LogP contribution >= 0.6 is 0 Å². The predicted molar refractivity (Wildman–Crippen MR) is 105 cm³/mol. The first-order valence-electron chi connectivity index (χ1n) is 9.59. The van der Waals surface area contributed by atoms with Gasteiger partial charge >= 0.3 is 0 Å². The number of benzene rings is 1. The Balaban J connectivity index is 1.36. The van der Waals surface area contributed by atoms with Gasteiger partial charge in [0.25, 0.3) is 0 Å². The summed E-state index contributed by atoms with van der Waals surface area (Å²) in [5.74, 6) is -0.570. The average molecular weight is 391 g/mol. The number of fused-ring (bicyclic) bond motifs is 1. The second kappa shape index (κ2) is 6.70. The molecule has 0 radical (unpaired) electrons. The van der Waals surface area contributed by atoms with Crippen molar-refractivity contribution in [2.75, 3.05) is 19.0 Å². The highest BCUT2D eigenvalue weighted by Gasteiger charge is 2.66. The molecule has 7 heteroatoms. The lowest BCUT2D eigenvalue weighted by molar-refractivity contribution is -0.136. The molecule has 29 heavy (non-hydrogen) atoms. The SMILES string of the molecule is COc1ccc(NC(=O)[C@@H]2[C@H]3C(=O)N(Cc4ccncc4)C[C@@]34C=C[C@H]2O4)cc1. The number of nitrogens with zero attached hydrogens (tertiary/aromatic N) is 2. The third kappa shape index (κ3) is 2.89. The van der Waals surface area contributed by atoms with E-state index in [0.717, 1.165) is 5.56 Å². The van der Waals surface area contributed by atoms with Gasteiger partial charge in [0, 0.05) is 24.6 Å². The molecule has 2 saturated heterocycles. The van der Waals surface area contributed by atoms with Crippen LogP contribution in [0.1, 0.15) is 5.56 Å². The van der Waals surface area contributed by atoms with Gasteiger partial charge in [-0.25, -0.2) is 0 Å². The Labute approximate surface area is 168 Å². The number of carbonyl (C=O) groups excluding carboxylic acids is 2. The van der Waals surface area contributed by atoms with Gasteiger partial charge in [-0.05, 0) is 42.0 Å². The minimum Gasteiger partial charge on any atom is -0.497 e. The number of pyridine rings is 1. The number of likely N-dealkylation sites (tertiary alicyclic amines) is 1. The average Bonchev–Trinajstić information content (AvgIpc) is 3.38. The Bertz CT molecular complexity index is 975. The van der Waals surface area contributed by atoms with Crippen molar-refractivity contribution in [1.29, 1.82) is 0 Å². The molecule has 5 rings (SSSR count). The van der Waals surface area contributed by atoms with E-state index in [0.29, 0.717) is 24.5 Å². The first-order chi connectivity index (χ1) is 14.1. The Hall–Kier alpha value is -3.19. The molecule has 7 nitrogen and oxygen atoms in total. The largest absolute Gasteiger partial charge is 0.497 e. The van der Waals surface area contributed by atoms with Crippen LogP contribution in [0.15, 0.2) is 60.9 Å². The van der Waals surface area contributed by atoms with E-state index < -0.39 is 17.4 Å². The molecule has 0 unspecified atom stereocenters. The maximum absolute atomic E-state index is 13.2. The number of anilines is 1. The predicted octanol–water partition coefficient (Wildman–Crippen LogP) is 2.01. The minimum absolute atomic E-state index is 0.0384. The summed E-state index contributed by atoms with van der Waals surface area (Å²) in [7, 11) is 1.59. The van der Waals surface area contributed by atoms with Crippen LogP contribution in [0.5, 0.6) is 5.75 Å². The van der Waals surface area contributed by atoms with Gasteiger partial charge in [0.15, 0.2) is 0 Å². The van der Waals surface area contributed by atoms with Crippen molar-refractivity contribution in [3.05, 3.63) is 66.5 Å². The molecule has 148 valence electrons. The van der Waals surface area contributed by atoms with Crippen LogP contribution in [0.4, 0.5) is 5.69 Å². The minimum atomic E-state index is -0.712. The van der Waals surface area contributed by atoms with Crippen molar-refractivity contribution >= 4 is 17.5 Å². The van der Waals surface area contributed by atoms with E-state index in [9.17, 15) is 9.59 Å². The zero-order chi connectivity index (χ0) is 20.0. The van der Waals surface area contributed by atoms with Crippen LogP contribution in [0, 0.1) is 11.8 Å².